The van der Waals surface area contributed by atoms with Crippen molar-refractivity contribution in [2.45, 2.75) is 44.8 Å². The summed E-state index contributed by atoms with van der Waals surface area (Å²) in [6.45, 7) is 6.57. The van der Waals surface area contributed by atoms with Gasteiger partial charge in [-0.1, -0.05) is 0 Å². The molecule has 0 aliphatic heterocycles. The highest BCUT2D eigenvalue weighted by molar-refractivity contribution is 9.10. The van der Waals surface area contributed by atoms with Crippen LogP contribution in [0.2, 0.25) is 0 Å². The summed E-state index contributed by atoms with van der Waals surface area (Å²) in [5.41, 5.74) is 1.89. The molecular weight excluding hydrogens is 393 g/mol. The van der Waals surface area contributed by atoms with E-state index in [4.69, 9.17) is 0 Å². The maximum absolute atomic E-state index is 13.1. The number of nitrogens with zero attached hydrogens (tertiary/aromatic N) is 2. The van der Waals surface area contributed by atoms with Crippen LogP contribution in [0.5, 0.6) is 0 Å². The Kier molecular flexibility index (Phi) is 6.71. The van der Waals surface area contributed by atoms with Crippen molar-refractivity contribution >= 4 is 26.9 Å². The first-order valence-electron chi connectivity index (χ1n) is 7.93. The van der Waals surface area contributed by atoms with Crippen LogP contribution in [-0.2, 0) is 17.4 Å². The van der Waals surface area contributed by atoms with Crippen molar-refractivity contribution in [3.05, 3.63) is 46.4 Å². The third kappa shape index (κ3) is 5.22. The molecule has 0 saturated heterocycles. The van der Waals surface area contributed by atoms with Gasteiger partial charge in [-0.3, -0.25) is 0 Å². The second-order valence-electron chi connectivity index (χ2n) is 6.56. The van der Waals surface area contributed by atoms with E-state index in [-0.39, 0.29) is 10.6 Å². The summed E-state index contributed by atoms with van der Waals surface area (Å²) in [4.78, 5) is 0. The molecule has 0 amide bonds. The molecule has 4 nitrogen and oxygen atoms in total. The molecule has 0 saturated carbocycles. The number of hydrogen-bond donors (Lipinski definition) is 1. The quantitative estimate of drug-likeness (QED) is 0.690. The summed E-state index contributed by atoms with van der Waals surface area (Å²) in [6.07, 6.45) is 4.45. The van der Waals surface area contributed by atoms with E-state index in [1.165, 1.54) is 12.1 Å². The number of halogens is 2. The molecule has 0 bridgehead atoms. The number of benzene rings is 1. The SMILES string of the molecule is CC(C)(C)[S@@](=O)NCCCCc1c(Br)cnn1-c1ccc(F)cc1. The summed E-state index contributed by atoms with van der Waals surface area (Å²) in [6, 6.07) is 6.29. The minimum atomic E-state index is -1.03. The average molecular weight is 416 g/mol. The van der Waals surface area contributed by atoms with Crippen LogP contribution in [0.3, 0.4) is 0 Å². The minimum Gasteiger partial charge on any atom is -0.242 e. The van der Waals surface area contributed by atoms with E-state index in [0.29, 0.717) is 6.54 Å². The maximum Gasteiger partial charge on any atom is 0.123 e. The van der Waals surface area contributed by atoms with E-state index in [1.54, 1.807) is 18.3 Å². The van der Waals surface area contributed by atoms with Gasteiger partial charge in [0.25, 0.3) is 0 Å². The van der Waals surface area contributed by atoms with Crippen LogP contribution in [0.15, 0.2) is 34.9 Å². The number of hydrogen-bond acceptors (Lipinski definition) is 2. The van der Waals surface area contributed by atoms with Crippen molar-refractivity contribution < 1.29 is 8.60 Å². The van der Waals surface area contributed by atoms with Gasteiger partial charge >= 0.3 is 0 Å². The van der Waals surface area contributed by atoms with E-state index >= 15 is 0 Å². The Balaban J connectivity index is 1.91. The lowest BCUT2D eigenvalue weighted by Gasteiger charge is -2.18. The molecule has 0 unspecified atom stereocenters. The first kappa shape index (κ1) is 19.3. The second kappa shape index (κ2) is 8.36. The lowest BCUT2D eigenvalue weighted by Crippen LogP contribution is -2.33. The molecular formula is C17H23BrFN3OS. The number of rotatable bonds is 7. The van der Waals surface area contributed by atoms with Crippen LogP contribution in [-0.4, -0.2) is 25.3 Å². The second-order valence-corrected chi connectivity index (χ2v) is 9.47. The molecule has 0 radical (unpaired) electrons. The highest BCUT2D eigenvalue weighted by Crippen LogP contribution is 2.22. The number of aromatic nitrogens is 2. The zero-order valence-corrected chi connectivity index (χ0v) is 16.6. The largest absolute Gasteiger partial charge is 0.242 e. The van der Waals surface area contributed by atoms with E-state index in [9.17, 15) is 8.60 Å². The van der Waals surface area contributed by atoms with Crippen molar-refractivity contribution in [2.75, 3.05) is 6.54 Å². The lowest BCUT2D eigenvalue weighted by atomic mass is 10.2. The smallest absolute Gasteiger partial charge is 0.123 e. The third-order valence-corrected chi connectivity index (χ3v) is 5.76. The van der Waals surface area contributed by atoms with Crippen molar-refractivity contribution in [3.8, 4) is 5.69 Å². The molecule has 0 aliphatic carbocycles. The van der Waals surface area contributed by atoms with Crippen molar-refractivity contribution in [2.24, 2.45) is 0 Å². The number of nitrogens with one attached hydrogen (secondary N) is 1. The molecule has 0 fully saturated rings. The van der Waals surface area contributed by atoms with E-state index in [1.807, 2.05) is 25.5 Å². The summed E-state index contributed by atoms with van der Waals surface area (Å²) in [7, 11) is -1.03. The Labute approximate surface area is 153 Å². The lowest BCUT2D eigenvalue weighted by molar-refractivity contribution is 0.622. The Hall–Kier alpha value is -1.05. The molecule has 1 N–H and O–H groups in total. The summed E-state index contributed by atoms with van der Waals surface area (Å²) in [5, 5.41) is 4.36. The highest BCUT2D eigenvalue weighted by atomic mass is 79.9. The van der Waals surface area contributed by atoms with Gasteiger partial charge < -0.3 is 0 Å². The fourth-order valence-corrected chi connectivity index (χ4v) is 3.40. The van der Waals surface area contributed by atoms with Crippen molar-refractivity contribution in [1.82, 2.24) is 14.5 Å². The highest BCUT2D eigenvalue weighted by Gasteiger charge is 2.18. The zero-order chi connectivity index (χ0) is 17.7. The van der Waals surface area contributed by atoms with E-state index < -0.39 is 11.0 Å². The van der Waals surface area contributed by atoms with Gasteiger partial charge in [0.2, 0.25) is 0 Å². The molecule has 2 rings (SSSR count). The molecule has 2 aromatic rings. The van der Waals surface area contributed by atoms with Crippen LogP contribution in [0.4, 0.5) is 4.39 Å². The molecule has 0 spiro atoms. The Morgan fingerprint density at radius 1 is 1.25 bits per heavy atom. The molecule has 132 valence electrons. The van der Waals surface area contributed by atoms with E-state index in [2.05, 4.69) is 25.8 Å². The van der Waals surface area contributed by atoms with Crippen LogP contribution in [0.1, 0.15) is 39.3 Å². The summed E-state index contributed by atoms with van der Waals surface area (Å²) < 4.78 is 30.6. The molecule has 1 atom stereocenters. The normalized spacial score (nSPS) is 13.2. The van der Waals surface area contributed by atoms with Crippen LogP contribution < -0.4 is 4.72 Å². The van der Waals surface area contributed by atoms with E-state index in [0.717, 1.165) is 35.1 Å². The van der Waals surface area contributed by atoms with Gasteiger partial charge in [0.15, 0.2) is 0 Å². The van der Waals surface area contributed by atoms with Gasteiger partial charge in [0.1, 0.15) is 5.82 Å². The predicted molar refractivity (Wildman–Crippen MR) is 100 cm³/mol. The average Bonchev–Trinajstić information content (AvgIpc) is 2.88. The van der Waals surface area contributed by atoms with Crippen molar-refractivity contribution in [1.29, 1.82) is 0 Å². The van der Waals surface area contributed by atoms with Gasteiger partial charge in [-0.2, -0.15) is 5.10 Å². The molecule has 1 aromatic carbocycles. The molecule has 7 heteroatoms. The topological polar surface area (TPSA) is 46.9 Å². The summed E-state index contributed by atoms with van der Waals surface area (Å²) >= 11 is 3.53. The first-order valence-corrected chi connectivity index (χ1v) is 9.87. The fourth-order valence-electron chi connectivity index (χ4n) is 2.18. The Bertz CT molecular complexity index is 695. The molecule has 1 heterocycles. The monoisotopic (exact) mass is 415 g/mol. The number of unbranched alkanes of at least 4 members (excludes halogenated alkanes) is 1. The maximum atomic E-state index is 13.1. The Morgan fingerprint density at radius 3 is 2.54 bits per heavy atom. The van der Waals surface area contributed by atoms with Crippen LogP contribution >= 0.6 is 15.9 Å². The third-order valence-electron chi connectivity index (χ3n) is 3.52. The first-order chi connectivity index (χ1) is 11.3. The molecule has 24 heavy (non-hydrogen) atoms. The minimum absolute atomic E-state index is 0.246. The van der Waals surface area contributed by atoms with Gasteiger partial charge in [0, 0.05) is 6.54 Å². The molecule has 0 aliphatic rings. The standard InChI is InChI=1S/C17H23BrFN3OS/c1-17(2,3)24(23)21-11-5-4-6-16-15(18)12-20-22(16)14-9-7-13(19)8-10-14/h7-10,12,21H,4-6,11H2,1-3H3/t24-/m1/s1. The molecule has 1 aromatic heterocycles. The van der Waals surface area contributed by atoms with Gasteiger partial charge in [-0.05, 0) is 80.2 Å². The van der Waals surface area contributed by atoms with Crippen molar-refractivity contribution in [3.63, 3.8) is 0 Å². The summed E-state index contributed by atoms with van der Waals surface area (Å²) in [5.74, 6) is -0.260. The van der Waals surface area contributed by atoms with Gasteiger partial charge in [-0.15, -0.1) is 0 Å². The Morgan fingerprint density at radius 2 is 1.92 bits per heavy atom. The zero-order valence-electron chi connectivity index (χ0n) is 14.2. The predicted octanol–water partition coefficient (Wildman–Crippen LogP) is 4.15. The van der Waals surface area contributed by atoms with Gasteiger partial charge in [0.05, 0.1) is 37.8 Å². The van der Waals surface area contributed by atoms with Gasteiger partial charge in [-0.25, -0.2) is 18.0 Å². The fraction of sp³-hybridized carbons (Fsp3) is 0.471. The van der Waals surface area contributed by atoms with Crippen LogP contribution in [0.25, 0.3) is 5.69 Å². The van der Waals surface area contributed by atoms with Crippen LogP contribution in [0, 0.1) is 5.82 Å².